The van der Waals surface area contributed by atoms with Crippen molar-refractivity contribution in [3.8, 4) is 11.3 Å². The van der Waals surface area contributed by atoms with Gasteiger partial charge in [0.15, 0.2) is 0 Å². The Morgan fingerprint density at radius 1 is 1.21 bits per heavy atom. The summed E-state index contributed by atoms with van der Waals surface area (Å²) in [5.74, 6) is -0.188. The molecule has 0 atom stereocenters. The summed E-state index contributed by atoms with van der Waals surface area (Å²) in [6.07, 6.45) is 2.65. The molecule has 0 saturated carbocycles. The average molecular weight is 369 g/mol. The highest BCUT2D eigenvalue weighted by Crippen LogP contribution is 2.29. The maximum Gasteiger partial charge on any atom is 0.257 e. The van der Waals surface area contributed by atoms with Gasteiger partial charge in [-0.3, -0.25) is 9.89 Å². The summed E-state index contributed by atoms with van der Waals surface area (Å²) in [6, 6.07) is 7.21. The van der Waals surface area contributed by atoms with E-state index in [9.17, 15) is 13.2 Å². The minimum absolute atomic E-state index is 0.188. The molecular weight excluding hydrogens is 352 g/mol. The largest absolute Gasteiger partial charge is 0.336 e. The quantitative estimate of drug-likeness (QED) is 0.888. The van der Waals surface area contributed by atoms with Crippen LogP contribution in [-0.2, 0) is 10.0 Å². The SMILES string of the molecule is CS(=O)(=O)N1CCN(C(=O)c2cn[nH]c2-c2ccccc2Cl)CC1. The normalized spacial score (nSPS) is 16.3. The first-order chi connectivity index (χ1) is 11.4. The van der Waals surface area contributed by atoms with Crippen LogP contribution in [0.2, 0.25) is 5.02 Å². The molecule has 1 aliphatic heterocycles. The van der Waals surface area contributed by atoms with Gasteiger partial charge in [0.2, 0.25) is 10.0 Å². The number of sulfonamides is 1. The maximum atomic E-state index is 12.8. The number of hydrogen-bond donors (Lipinski definition) is 1. The molecule has 9 heteroatoms. The monoisotopic (exact) mass is 368 g/mol. The number of hydrogen-bond acceptors (Lipinski definition) is 4. The lowest BCUT2D eigenvalue weighted by Crippen LogP contribution is -2.50. The second-order valence-corrected chi connectivity index (χ2v) is 7.98. The molecule has 0 spiro atoms. The number of aromatic amines is 1. The predicted molar refractivity (Wildman–Crippen MR) is 91.4 cm³/mol. The lowest BCUT2D eigenvalue weighted by molar-refractivity contribution is 0.0699. The lowest BCUT2D eigenvalue weighted by Gasteiger charge is -2.33. The molecule has 1 aromatic carbocycles. The Morgan fingerprint density at radius 2 is 1.88 bits per heavy atom. The van der Waals surface area contributed by atoms with E-state index in [1.807, 2.05) is 18.2 Å². The molecule has 2 aromatic rings. The molecule has 3 rings (SSSR count). The van der Waals surface area contributed by atoms with Crippen LogP contribution in [0.5, 0.6) is 0 Å². The van der Waals surface area contributed by atoms with Gasteiger partial charge in [-0.2, -0.15) is 9.40 Å². The van der Waals surface area contributed by atoms with Gasteiger partial charge in [-0.25, -0.2) is 8.42 Å². The van der Waals surface area contributed by atoms with Crippen molar-refractivity contribution in [1.82, 2.24) is 19.4 Å². The van der Waals surface area contributed by atoms with Crippen LogP contribution in [0.1, 0.15) is 10.4 Å². The van der Waals surface area contributed by atoms with Gasteiger partial charge < -0.3 is 4.90 Å². The maximum absolute atomic E-state index is 12.8. The van der Waals surface area contributed by atoms with Gasteiger partial charge in [0.25, 0.3) is 5.91 Å². The van der Waals surface area contributed by atoms with Gasteiger partial charge in [-0.1, -0.05) is 29.8 Å². The van der Waals surface area contributed by atoms with Crippen LogP contribution in [0, 0.1) is 0 Å². The van der Waals surface area contributed by atoms with Gasteiger partial charge >= 0.3 is 0 Å². The summed E-state index contributed by atoms with van der Waals surface area (Å²) in [4.78, 5) is 14.4. The van der Waals surface area contributed by atoms with Gasteiger partial charge in [0.1, 0.15) is 0 Å². The van der Waals surface area contributed by atoms with Crippen molar-refractivity contribution in [1.29, 1.82) is 0 Å². The molecule has 1 saturated heterocycles. The molecule has 128 valence electrons. The van der Waals surface area contributed by atoms with E-state index < -0.39 is 10.0 Å². The van der Waals surface area contributed by atoms with Crippen molar-refractivity contribution in [3.63, 3.8) is 0 Å². The summed E-state index contributed by atoms with van der Waals surface area (Å²) >= 11 is 6.20. The van der Waals surface area contributed by atoms with Crippen molar-refractivity contribution >= 4 is 27.5 Å². The Labute approximate surface area is 145 Å². The summed E-state index contributed by atoms with van der Waals surface area (Å²) < 4.78 is 24.5. The zero-order chi connectivity index (χ0) is 17.3. The summed E-state index contributed by atoms with van der Waals surface area (Å²) in [5.41, 5.74) is 1.70. The van der Waals surface area contributed by atoms with E-state index in [4.69, 9.17) is 11.6 Å². The smallest absolute Gasteiger partial charge is 0.257 e. The van der Waals surface area contributed by atoms with E-state index in [0.717, 1.165) is 0 Å². The highest BCUT2D eigenvalue weighted by molar-refractivity contribution is 7.88. The number of H-pyrrole nitrogens is 1. The molecule has 0 unspecified atom stereocenters. The molecule has 1 aliphatic rings. The number of aromatic nitrogens is 2. The number of rotatable bonds is 3. The first kappa shape index (κ1) is 16.9. The third kappa shape index (κ3) is 3.31. The topological polar surface area (TPSA) is 86.4 Å². The number of nitrogens with zero attached hydrogens (tertiary/aromatic N) is 3. The van der Waals surface area contributed by atoms with Crippen LogP contribution in [0.15, 0.2) is 30.5 Å². The Balaban J connectivity index is 1.81. The third-order valence-electron chi connectivity index (χ3n) is 4.01. The van der Waals surface area contributed by atoms with E-state index in [-0.39, 0.29) is 5.91 Å². The average Bonchev–Trinajstić information content (AvgIpc) is 3.03. The molecule has 0 bridgehead atoms. The predicted octanol–water partition coefficient (Wildman–Crippen LogP) is 1.45. The summed E-state index contributed by atoms with van der Waals surface area (Å²) in [7, 11) is -3.23. The first-order valence-electron chi connectivity index (χ1n) is 7.40. The Hall–Kier alpha value is -1.90. The van der Waals surface area contributed by atoms with Gasteiger partial charge in [0.05, 0.1) is 23.7 Å². The fourth-order valence-corrected chi connectivity index (χ4v) is 3.77. The van der Waals surface area contributed by atoms with Crippen molar-refractivity contribution in [2.24, 2.45) is 0 Å². The molecule has 0 aliphatic carbocycles. The van der Waals surface area contributed by atoms with Crippen molar-refractivity contribution in [2.75, 3.05) is 32.4 Å². The minimum atomic E-state index is -3.23. The molecular formula is C15H17ClN4O3S. The van der Waals surface area contributed by atoms with Gasteiger partial charge in [0, 0.05) is 36.8 Å². The van der Waals surface area contributed by atoms with Crippen LogP contribution in [0.4, 0.5) is 0 Å². The Bertz CT molecular complexity index is 857. The molecule has 7 nitrogen and oxygen atoms in total. The standard InChI is InChI=1S/C15H17ClN4O3S/c1-24(22,23)20-8-6-19(7-9-20)15(21)12-10-17-18-14(12)11-4-2-3-5-13(11)16/h2-5,10H,6-9H2,1H3,(H,17,18). The number of nitrogens with one attached hydrogen (secondary N) is 1. The lowest BCUT2D eigenvalue weighted by atomic mass is 10.1. The minimum Gasteiger partial charge on any atom is -0.336 e. The van der Waals surface area contributed by atoms with Crippen LogP contribution in [-0.4, -0.2) is 66.2 Å². The van der Waals surface area contributed by atoms with Crippen molar-refractivity contribution in [2.45, 2.75) is 0 Å². The Morgan fingerprint density at radius 3 is 2.50 bits per heavy atom. The van der Waals surface area contributed by atoms with Gasteiger partial charge in [-0.15, -0.1) is 0 Å². The van der Waals surface area contributed by atoms with E-state index in [2.05, 4.69) is 10.2 Å². The van der Waals surface area contributed by atoms with Crippen LogP contribution in [0.25, 0.3) is 11.3 Å². The molecule has 2 heterocycles. The summed E-state index contributed by atoms with van der Waals surface area (Å²) in [5, 5.41) is 7.33. The molecule has 0 radical (unpaired) electrons. The van der Waals surface area contributed by atoms with Crippen LogP contribution in [0.3, 0.4) is 0 Å². The number of benzene rings is 1. The molecule has 1 N–H and O–H groups in total. The number of halogens is 1. The third-order valence-corrected chi connectivity index (χ3v) is 5.64. The number of amides is 1. The highest BCUT2D eigenvalue weighted by atomic mass is 35.5. The zero-order valence-electron chi connectivity index (χ0n) is 13.1. The second kappa shape index (κ2) is 6.54. The number of carbonyl (C=O) groups is 1. The first-order valence-corrected chi connectivity index (χ1v) is 9.63. The Kier molecular flexibility index (Phi) is 4.62. The molecule has 1 amide bonds. The second-order valence-electron chi connectivity index (χ2n) is 5.59. The molecule has 1 fully saturated rings. The number of piperazine rings is 1. The fourth-order valence-electron chi connectivity index (χ4n) is 2.71. The zero-order valence-corrected chi connectivity index (χ0v) is 14.6. The molecule has 1 aromatic heterocycles. The summed E-state index contributed by atoms with van der Waals surface area (Å²) in [6.45, 7) is 1.28. The number of carbonyl (C=O) groups excluding carboxylic acids is 1. The van der Waals surface area contributed by atoms with Gasteiger partial charge in [-0.05, 0) is 6.07 Å². The van der Waals surface area contributed by atoms with Crippen LogP contribution < -0.4 is 0 Å². The van der Waals surface area contributed by atoms with E-state index in [1.54, 1.807) is 11.0 Å². The fraction of sp³-hybridized carbons (Fsp3) is 0.333. The highest BCUT2D eigenvalue weighted by Gasteiger charge is 2.28. The van der Waals surface area contributed by atoms with E-state index in [1.165, 1.54) is 16.8 Å². The van der Waals surface area contributed by atoms with Crippen molar-refractivity contribution in [3.05, 3.63) is 41.0 Å². The van der Waals surface area contributed by atoms with E-state index in [0.29, 0.717) is 48.0 Å². The van der Waals surface area contributed by atoms with Crippen LogP contribution >= 0.6 is 11.6 Å². The molecule has 24 heavy (non-hydrogen) atoms. The van der Waals surface area contributed by atoms with E-state index >= 15 is 0 Å². The van der Waals surface area contributed by atoms with Crippen molar-refractivity contribution < 1.29 is 13.2 Å².